The van der Waals surface area contributed by atoms with Crippen molar-refractivity contribution in [3.8, 4) is 0 Å². The molecule has 1 heterocycles. The molecule has 0 saturated heterocycles. The van der Waals surface area contributed by atoms with Gasteiger partial charge in [-0.25, -0.2) is 0 Å². The van der Waals surface area contributed by atoms with Gasteiger partial charge < -0.3 is 15.4 Å². The molecule has 2 amide bonds. The summed E-state index contributed by atoms with van der Waals surface area (Å²) in [6.45, 7) is 1.19. The van der Waals surface area contributed by atoms with Crippen LogP contribution < -0.4 is 10.6 Å². The summed E-state index contributed by atoms with van der Waals surface area (Å²) in [5.41, 5.74) is 1.22. The van der Waals surface area contributed by atoms with Crippen molar-refractivity contribution in [2.75, 3.05) is 25.6 Å². The molecular formula is C16H18N2O3S. The Balaban J connectivity index is 1.87. The van der Waals surface area contributed by atoms with Crippen LogP contribution in [0.3, 0.4) is 0 Å². The lowest BCUT2D eigenvalue weighted by molar-refractivity contribution is 0.0948. The van der Waals surface area contributed by atoms with Gasteiger partial charge in [-0.3, -0.25) is 9.59 Å². The van der Waals surface area contributed by atoms with Crippen molar-refractivity contribution >= 4 is 28.8 Å². The van der Waals surface area contributed by atoms with Crippen LogP contribution in [-0.4, -0.2) is 32.1 Å². The van der Waals surface area contributed by atoms with E-state index in [1.165, 1.54) is 11.3 Å². The zero-order chi connectivity index (χ0) is 15.8. The summed E-state index contributed by atoms with van der Waals surface area (Å²) >= 11 is 1.38. The number of thiophene rings is 1. The molecule has 1 aromatic heterocycles. The van der Waals surface area contributed by atoms with Gasteiger partial charge in [0.2, 0.25) is 0 Å². The lowest BCUT2D eigenvalue weighted by Gasteiger charge is -2.07. The maximum Gasteiger partial charge on any atom is 0.265 e. The van der Waals surface area contributed by atoms with Crippen molar-refractivity contribution in [2.24, 2.45) is 0 Å². The number of hydrogen-bond donors (Lipinski definition) is 2. The van der Waals surface area contributed by atoms with E-state index >= 15 is 0 Å². The van der Waals surface area contributed by atoms with E-state index in [9.17, 15) is 9.59 Å². The van der Waals surface area contributed by atoms with Crippen LogP contribution in [0.2, 0.25) is 0 Å². The minimum absolute atomic E-state index is 0.132. The van der Waals surface area contributed by atoms with E-state index in [4.69, 9.17) is 4.74 Å². The molecule has 116 valence electrons. The summed E-state index contributed by atoms with van der Waals surface area (Å²) in [6, 6.07) is 10.4. The summed E-state index contributed by atoms with van der Waals surface area (Å²) in [5.74, 6) is -0.279. The lowest BCUT2D eigenvalue weighted by atomic mass is 10.2. The zero-order valence-electron chi connectivity index (χ0n) is 12.3. The van der Waals surface area contributed by atoms with Crippen LogP contribution >= 0.6 is 11.3 Å². The third-order valence-corrected chi connectivity index (χ3v) is 3.83. The SMILES string of the molecule is COCCCNC(=O)c1ccc(NC(=O)c2cccs2)cc1. The minimum Gasteiger partial charge on any atom is -0.385 e. The van der Waals surface area contributed by atoms with E-state index in [1.54, 1.807) is 37.4 Å². The van der Waals surface area contributed by atoms with Crippen LogP contribution in [0.15, 0.2) is 41.8 Å². The Morgan fingerprint density at radius 1 is 1.14 bits per heavy atom. The fourth-order valence-electron chi connectivity index (χ4n) is 1.83. The molecule has 5 nitrogen and oxygen atoms in total. The van der Waals surface area contributed by atoms with Crippen molar-refractivity contribution in [2.45, 2.75) is 6.42 Å². The van der Waals surface area contributed by atoms with Gasteiger partial charge in [0.1, 0.15) is 0 Å². The highest BCUT2D eigenvalue weighted by Crippen LogP contribution is 2.14. The number of ether oxygens (including phenoxy) is 1. The maximum absolute atomic E-state index is 11.9. The van der Waals surface area contributed by atoms with E-state index in [1.807, 2.05) is 11.4 Å². The highest BCUT2D eigenvalue weighted by molar-refractivity contribution is 7.12. The third kappa shape index (κ3) is 4.68. The van der Waals surface area contributed by atoms with E-state index in [0.29, 0.717) is 29.3 Å². The Bertz CT molecular complexity index is 609. The second kappa shape index (κ2) is 8.31. The fourth-order valence-corrected chi connectivity index (χ4v) is 2.44. The topological polar surface area (TPSA) is 67.4 Å². The Labute approximate surface area is 133 Å². The van der Waals surface area contributed by atoms with E-state index < -0.39 is 0 Å². The van der Waals surface area contributed by atoms with Crippen LogP contribution in [0.25, 0.3) is 0 Å². The molecular weight excluding hydrogens is 300 g/mol. The number of hydrogen-bond acceptors (Lipinski definition) is 4. The molecule has 2 N–H and O–H groups in total. The van der Waals surface area contributed by atoms with Gasteiger partial charge in [0.25, 0.3) is 11.8 Å². The van der Waals surface area contributed by atoms with Gasteiger partial charge in [0.15, 0.2) is 0 Å². The van der Waals surface area contributed by atoms with Gasteiger partial charge in [-0.05, 0) is 42.1 Å². The smallest absolute Gasteiger partial charge is 0.265 e. The van der Waals surface area contributed by atoms with Crippen molar-refractivity contribution in [1.29, 1.82) is 0 Å². The molecule has 0 unspecified atom stereocenters. The molecule has 0 aliphatic heterocycles. The highest BCUT2D eigenvalue weighted by atomic mass is 32.1. The molecule has 0 aliphatic carbocycles. The second-order valence-electron chi connectivity index (χ2n) is 4.61. The first-order chi connectivity index (χ1) is 10.7. The molecule has 22 heavy (non-hydrogen) atoms. The van der Waals surface area contributed by atoms with Crippen molar-refractivity contribution in [1.82, 2.24) is 5.32 Å². The van der Waals surface area contributed by atoms with Crippen molar-refractivity contribution in [3.63, 3.8) is 0 Å². The Kier molecular flexibility index (Phi) is 6.12. The number of amides is 2. The average molecular weight is 318 g/mol. The summed E-state index contributed by atoms with van der Waals surface area (Å²) in [4.78, 5) is 24.4. The maximum atomic E-state index is 11.9. The highest BCUT2D eigenvalue weighted by Gasteiger charge is 2.08. The summed E-state index contributed by atoms with van der Waals surface area (Å²) in [7, 11) is 1.63. The average Bonchev–Trinajstić information content (AvgIpc) is 3.06. The van der Waals surface area contributed by atoms with Gasteiger partial charge in [-0.2, -0.15) is 0 Å². The van der Waals surface area contributed by atoms with Crippen LogP contribution in [0.1, 0.15) is 26.5 Å². The molecule has 0 bridgehead atoms. The predicted octanol–water partition coefficient (Wildman–Crippen LogP) is 2.77. The number of benzene rings is 1. The predicted molar refractivity (Wildman–Crippen MR) is 87.5 cm³/mol. The number of rotatable bonds is 7. The molecule has 0 radical (unpaired) electrons. The van der Waals surface area contributed by atoms with Gasteiger partial charge in [-0.1, -0.05) is 6.07 Å². The largest absolute Gasteiger partial charge is 0.385 e. The van der Waals surface area contributed by atoms with Crippen LogP contribution in [0.4, 0.5) is 5.69 Å². The molecule has 0 saturated carbocycles. The van der Waals surface area contributed by atoms with Crippen LogP contribution in [0, 0.1) is 0 Å². The van der Waals surface area contributed by atoms with Crippen LogP contribution in [-0.2, 0) is 4.74 Å². The van der Waals surface area contributed by atoms with E-state index in [-0.39, 0.29) is 11.8 Å². The molecule has 0 spiro atoms. The van der Waals surface area contributed by atoms with Gasteiger partial charge >= 0.3 is 0 Å². The van der Waals surface area contributed by atoms with E-state index in [0.717, 1.165) is 6.42 Å². The molecule has 0 aliphatic rings. The standard InChI is InChI=1S/C16H18N2O3S/c1-21-10-3-9-17-15(19)12-5-7-13(8-6-12)18-16(20)14-4-2-11-22-14/h2,4-8,11H,3,9-10H2,1H3,(H,17,19)(H,18,20). The summed E-state index contributed by atoms with van der Waals surface area (Å²) in [6.07, 6.45) is 0.775. The summed E-state index contributed by atoms with van der Waals surface area (Å²) < 4.78 is 4.92. The number of methoxy groups -OCH3 is 1. The monoisotopic (exact) mass is 318 g/mol. The number of nitrogens with one attached hydrogen (secondary N) is 2. The molecule has 2 aromatic rings. The first-order valence-electron chi connectivity index (χ1n) is 6.93. The second-order valence-corrected chi connectivity index (χ2v) is 5.56. The molecule has 0 atom stereocenters. The normalized spacial score (nSPS) is 10.2. The Hall–Kier alpha value is -2.18. The Morgan fingerprint density at radius 3 is 2.55 bits per heavy atom. The number of carbonyl (C=O) groups excluding carboxylic acids is 2. The minimum atomic E-state index is -0.147. The third-order valence-electron chi connectivity index (χ3n) is 2.96. The molecule has 0 fully saturated rings. The molecule has 1 aromatic carbocycles. The van der Waals surface area contributed by atoms with Gasteiger partial charge in [0.05, 0.1) is 4.88 Å². The quantitative estimate of drug-likeness (QED) is 0.771. The molecule has 6 heteroatoms. The fraction of sp³-hybridized carbons (Fsp3) is 0.250. The summed E-state index contributed by atoms with van der Waals surface area (Å²) in [5, 5.41) is 7.46. The van der Waals surface area contributed by atoms with Crippen molar-refractivity contribution < 1.29 is 14.3 Å². The number of anilines is 1. The van der Waals surface area contributed by atoms with Gasteiger partial charge in [-0.15, -0.1) is 11.3 Å². The Morgan fingerprint density at radius 2 is 1.91 bits per heavy atom. The lowest BCUT2D eigenvalue weighted by Crippen LogP contribution is -2.25. The zero-order valence-corrected chi connectivity index (χ0v) is 13.1. The van der Waals surface area contributed by atoms with Gasteiger partial charge in [0, 0.05) is 31.5 Å². The molecule has 2 rings (SSSR count). The van der Waals surface area contributed by atoms with Crippen molar-refractivity contribution in [3.05, 3.63) is 52.2 Å². The first-order valence-corrected chi connectivity index (χ1v) is 7.80. The van der Waals surface area contributed by atoms with E-state index in [2.05, 4.69) is 10.6 Å². The number of carbonyl (C=O) groups is 2. The first kappa shape index (κ1) is 16.2. The van der Waals surface area contributed by atoms with Crippen LogP contribution in [0.5, 0.6) is 0 Å².